The number of rotatable bonds is 6. The molecule has 0 aliphatic rings. The summed E-state index contributed by atoms with van der Waals surface area (Å²) in [6.45, 7) is 8.92. The van der Waals surface area contributed by atoms with Crippen LogP contribution in [0.3, 0.4) is 0 Å². The van der Waals surface area contributed by atoms with E-state index >= 15 is 0 Å². The van der Waals surface area contributed by atoms with Crippen molar-refractivity contribution in [2.24, 2.45) is 0 Å². The Labute approximate surface area is 121 Å². The molecule has 2 N–H and O–H groups in total. The quantitative estimate of drug-likeness (QED) is 0.839. The van der Waals surface area contributed by atoms with Crippen LogP contribution >= 0.6 is 0 Å². The zero-order chi connectivity index (χ0) is 15.0. The minimum atomic E-state index is -0.463. The summed E-state index contributed by atoms with van der Waals surface area (Å²) >= 11 is 0. The molecule has 1 amide bonds. The van der Waals surface area contributed by atoms with Crippen molar-refractivity contribution in [2.45, 2.75) is 52.3 Å². The lowest BCUT2D eigenvalue weighted by molar-refractivity contribution is 0.0522. The molecule has 0 aliphatic carbocycles. The molecule has 1 unspecified atom stereocenters. The SMILES string of the molecule is CCC(CNC(=O)OC(C)(C)C)NCc1cccnc1. The molecule has 0 bridgehead atoms. The second-order valence-corrected chi connectivity index (χ2v) is 5.73. The molecule has 0 spiro atoms. The number of nitrogens with zero attached hydrogens (tertiary/aromatic N) is 1. The van der Waals surface area contributed by atoms with E-state index in [1.165, 1.54) is 0 Å². The molecule has 1 heterocycles. The summed E-state index contributed by atoms with van der Waals surface area (Å²) in [7, 11) is 0. The van der Waals surface area contributed by atoms with Crippen LogP contribution < -0.4 is 10.6 Å². The van der Waals surface area contributed by atoms with Crippen molar-refractivity contribution in [3.63, 3.8) is 0 Å². The lowest BCUT2D eigenvalue weighted by Crippen LogP contribution is -2.42. The third-order valence-electron chi connectivity index (χ3n) is 2.70. The number of nitrogens with one attached hydrogen (secondary N) is 2. The van der Waals surface area contributed by atoms with Crippen LogP contribution in [0, 0.1) is 0 Å². The largest absolute Gasteiger partial charge is 0.444 e. The summed E-state index contributed by atoms with van der Waals surface area (Å²) in [5, 5.41) is 6.18. The maximum Gasteiger partial charge on any atom is 0.407 e. The van der Waals surface area contributed by atoms with Gasteiger partial charge in [0.15, 0.2) is 0 Å². The fraction of sp³-hybridized carbons (Fsp3) is 0.600. The van der Waals surface area contributed by atoms with Crippen LogP contribution in [0.25, 0.3) is 0 Å². The van der Waals surface area contributed by atoms with Gasteiger partial charge in [-0.05, 0) is 38.8 Å². The van der Waals surface area contributed by atoms with Crippen LogP contribution in [0.5, 0.6) is 0 Å². The number of amides is 1. The normalized spacial score (nSPS) is 12.8. The van der Waals surface area contributed by atoms with Gasteiger partial charge in [-0.3, -0.25) is 4.98 Å². The lowest BCUT2D eigenvalue weighted by Gasteiger charge is -2.22. The maximum atomic E-state index is 11.6. The van der Waals surface area contributed by atoms with Crippen molar-refractivity contribution in [3.8, 4) is 0 Å². The van der Waals surface area contributed by atoms with Crippen LogP contribution in [0.1, 0.15) is 39.7 Å². The molecular formula is C15H25N3O2. The highest BCUT2D eigenvalue weighted by molar-refractivity contribution is 5.67. The van der Waals surface area contributed by atoms with Crippen molar-refractivity contribution in [2.75, 3.05) is 6.54 Å². The topological polar surface area (TPSA) is 63.2 Å². The minimum absolute atomic E-state index is 0.211. The molecule has 0 aromatic carbocycles. The average molecular weight is 279 g/mol. The van der Waals surface area contributed by atoms with E-state index in [4.69, 9.17) is 4.74 Å². The Morgan fingerprint density at radius 3 is 2.75 bits per heavy atom. The van der Waals surface area contributed by atoms with Gasteiger partial charge in [0.1, 0.15) is 5.60 Å². The molecule has 0 radical (unpaired) electrons. The van der Waals surface area contributed by atoms with Crippen LogP contribution in [0.2, 0.25) is 0 Å². The summed E-state index contributed by atoms with van der Waals surface area (Å²) in [5.41, 5.74) is 0.665. The van der Waals surface area contributed by atoms with Crippen LogP contribution in [0.15, 0.2) is 24.5 Å². The third kappa shape index (κ3) is 7.09. The molecule has 5 heteroatoms. The molecule has 1 aromatic heterocycles. The van der Waals surface area contributed by atoms with Gasteiger partial charge >= 0.3 is 6.09 Å². The third-order valence-corrected chi connectivity index (χ3v) is 2.70. The van der Waals surface area contributed by atoms with Gasteiger partial charge in [-0.15, -0.1) is 0 Å². The van der Waals surface area contributed by atoms with Crippen LogP contribution in [-0.2, 0) is 11.3 Å². The molecular weight excluding hydrogens is 254 g/mol. The molecule has 1 aromatic rings. The van der Waals surface area contributed by atoms with Gasteiger partial charge in [0, 0.05) is 31.5 Å². The Morgan fingerprint density at radius 2 is 2.20 bits per heavy atom. The first kappa shape index (κ1) is 16.4. The fourth-order valence-electron chi connectivity index (χ4n) is 1.65. The summed E-state index contributed by atoms with van der Waals surface area (Å²) in [5.74, 6) is 0. The number of carbonyl (C=O) groups excluding carboxylic acids is 1. The number of alkyl carbamates (subject to hydrolysis) is 1. The van der Waals surface area contributed by atoms with Crippen molar-refractivity contribution in [1.82, 2.24) is 15.6 Å². The van der Waals surface area contributed by atoms with E-state index in [0.29, 0.717) is 6.54 Å². The maximum absolute atomic E-state index is 11.6. The van der Waals surface area contributed by atoms with Crippen LogP contribution in [0.4, 0.5) is 4.79 Å². The van der Waals surface area contributed by atoms with Crippen molar-refractivity contribution >= 4 is 6.09 Å². The second-order valence-electron chi connectivity index (χ2n) is 5.73. The van der Waals surface area contributed by atoms with Gasteiger partial charge in [0.05, 0.1) is 0 Å². The monoisotopic (exact) mass is 279 g/mol. The van der Waals surface area contributed by atoms with E-state index in [0.717, 1.165) is 18.5 Å². The van der Waals surface area contributed by atoms with Gasteiger partial charge in [0.2, 0.25) is 0 Å². The highest BCUT2D eigenvalue weighted by Crippen LogP contribution is 2.06. The van der Waals surface area contributed by atoms with E-state index in [1.807, 2.05) is 39.1 Å². The zero-order valence-electron chi connectivity index (χ0n) is 12.8. The molecule has 0 aliphatic heterocycles. The lowest BCUT2D eigenvalue weighted by atomic mass is 10.2. The smallest absolute Gasteiger partial charge is 0.407 e. The molecule has 5 nitrogen and oxygen atoms in total. The number of pyridine rings is 1. The fourth-order valence-corrected chi connectivity index (χ4v) is 1.65. The second kappa shape index (κ2) is 7.85. The molecule has 1 atom stereocenters. The Morgan fingerprint density at radius 1 is 1.45 bits per heavy atom. The zero-order valence-corrected chi connectivity index (χ0v) is 12.8. The summed E-state index contributed by atoms with van der Waals surface area (Å²) < 4.78 is 5.21. The number of hydrogen-bond acceptors (Lipinski definition) is 4. The molecule has 20 heavy (non-hydrogen) atoms. The Balaban J connectivity index is 2.31. The van der Waals surface area contributed by atoms with Crippen molar-refractivity contribution in [3.05, 3.63) is 30.1 Å². The highest BCUT2D eigenvalue weighted by atomic mass is 16.6. The number of aromatic nitrogens is 1. The van der Waals surface area contributed by atoms with Gasteiger partial charge in [-0.2, -0.15) is 0 Å². The minimum Gasteiger partial charge on any atom is -0.444 e. The Kier molecular flexibility index (Phi) is 6.45. The van der Waals surface area contributed by atoms with E-state index in [-0.39, 0.29) is 12.1 Å². The Bertz CT molecular complexity index is 401. The average Bonchev–Trinajstić information content (AvgIpc) is 2.38. The molecule has 0 fully saturated rings. The number of hydrogen-bond donors (Lipinski definition) is 2. The van der Waals surface area contributed by atoms with Crippen molar-refractivity contribution in [1.29, 1.82) is 0 Å². The van der Waals surface area contributed by atoms with Gasteiger partial charge in [-0.1, -0.05) is 13.0 Å². The van der Waals surface area contributed by atoms with E-state index < -0.39 is 5.60 Å². The van der Waals surface area contributed by atoms with Crippen molar-refractivity contribution < 1.29 is 9.53 Å². The van der Waals surface area contributed by atoms with E-state index in [2.05, 4.69) is 22.5 Å². The predicted molar refractivity (Wildman–Crippen MR) is 79.4 cm³/mol. The summed E-state index contributed by atoms with van der Waals surface area (Å²) in [6, 6.07) is 4.15. The highest BCUT2D eigenvalue weighted by Gasteiger charge is 2.16. The van der Waals surface area contributed by atoms with Gasteiger partial charge < -0.3 is 15.4 Å². The molecule has 112 valence electrons. The first-order chi connectivity index (χ1) is 9.40. The molecule has 0 saturated carbocycles. The number of ether oxygens (including phenoxy) is 1. The number of carbonyl (C=O) groups is 1. The summed E-state index contributed by atoms with van der Waals surface area (Å²) in [6.07, 6.45) is 4.14. The summed E-state index contributed by atoms with van der Waals surface area (Å²) in [4.78, 5) is 15.7. The van der Waals surface area contributed by atoms with Crippen LogP contribution in [-0.4, -0.2) is 29.3 Å². The van der Waals surface area contributed by atoms with E-state index in [1.54, 1.807) is 6.20 Å². The molecule has 0 saturated heterocycles. The van der Waals surface area contributed by atoms with Gasteiger partial charge in [0.25, 0.3) is 0 Å². The predicted octanol–water partition coefficient (Wildman–Crippen LogP) is 2.47. The van der Waals surface area contributed by atoms with Gasteiger partial charge in [-0.25, -0.2) is 4.79 Å². The molecule has 1 rings (SSSR count). The first-order valence-corrected chi connectivity index (χ1v) is 7.00. The van der Waals surface area contributed by atoms with E-state index in [9.17, 15) is 4.79 Å². The Hall–Kier alpha value is -1.62. The standard InChI is InChI=1S/C15H25N3O2/c1-5-13(11-18-14(19)20-15(2,3)4)17-10-12-7-6-8-16-9-12/h6-9,13,17H,5,10-11H2,1-4H3,(H,18,19). The first-order valence-electron chi connectivity index (χ1n) is 7.00.